The molecule has 1 aromatic heterocycles. The number of rotatable bonds is 5. The molecular formula is C13H17BrN2OS. The third-order valence-corrected chi connectivity index (χ3v) is 5.25. The van der Waals surface area contributed by atoms with E-state index in [9.17, 15) is 4.79 Å². The van der Waals surface area contributed by atoms with Crippen LogP contribution in [0.2, 0.25) is 0 Å². The largest absolute Gasteiger partial charge is 0.341 e. The zero-order valence-electron chi connectivity index (χ0n) is 10.2. The van der Waals surface area contributed by atoms with Crippen LogP contribution in [-0.2, 0) is 11.2 Å². The fraction of sp³-hybridized carbons (Fsp3) is 0.615. The van der Waals surface area contributed by atoms with Crippen LogP contribution in [-0.4, -0.2) is 36.0 Å². The Bertz CT molecular complexity index is 444. The molecular weight excluding hydrogens is 312 g/mol. The van der Waals surface area contributed by atoms with Crippen LogP contribution in [0.15, 0.2) is 15.9 Å². The second-order valence-corrected chi connectivity index (χ2v) is 7.61. The quantitative estimate of drug-likeness (QED) is 0.900. The summed E-state index contributed by atoms with van der Waals surface area (Å²) in [5.74, 6) is 0.303. The Hall–Kier alpha value is -0.390. The number of amides is 1. The van der Waals surface area contributed by atoms with E-state index in [0.717, 1.165) is 25.9 Å². The molecule has 1 saturated heterocycles. The summed E-state index contributed by atoms with van der Waals surface area (Å²) in [6, 6.07) is 4.91. The fourth-order valence-corrected chi connectivity index (χ4v) is 3.85. The van der Waals surface area contributed by atoms with E-state index in [1.54, 1.807) is 11.3 Å². The minimum atomic E-state index is 0.0903. The van der Waals surface area contributed by atoms with Gasteiger partial charge in [-0.05, 0) is 53.7 Å². The Kier molecular flexibility index (Phi) is 3.73. The van der Waals surface area contributed by atoms with Gasteiger partial charge in [0.1, 0.15) is 0 Å². The number of nitrogens with one attached hydrogen (secondary N) is 1. The third kappa shape index (κ3) is 2.95. The monoisotopic (exact) mass is 328 g/mol. The van der Waals surface area contributed by atoms with E-state index >= 15 is 0 Å². The molecule has 0 spiro atoms. The highest BCUT2D eigenvalue weighted by Gasteiger charge is 2.35. The van der Waals surface area contributed by atoms with Gasteiger partial charge in [0.05, 0.1) is 9.83 Å². The van der Waals surface area contributed by atoms with Crippen LogP contribution in [0.4, 0.5) is 0 Å². The molecule has 1 amide bonds. The maximum atomic E-state index is 12.2. The van der Waals surface area contributed by atoms with Crippen LogP contribution in [0, 0.1) is 0 Å². The number of likely N-dealkylation sites (tertiary alicyclic amines) is 1. The van der Waals surface area contributed by atoms with Crippen molar-refractivity contribution in [1.29, 1.82) is 0 Å². The van der Waals surface area contributed by atoms with Gasteiger partial charge in [0, 0.05) is 24.0 Å². The zero-order valence-corrected chi connectivity index (χ0v) is 12.6. The summed E-state index contributed by atoms with van der Waals surface area (Å²) in [5.41, 5.74) is 0. The van der Waals surface area contributed by atoms with E-state index in [4.69, 9.17) is 0 Å². The molecule has 1 aliphatic heterocycles. The molecule has 0 radical (unpaired) electrons. The van der Waals surface area contributed by atoms with Gasteiger partial charge in [0.15, 0.2) is 0 Å². The lowest BCUT2D eigenvalue weighted by Crippen LogP contribution is -2.39. The van der Waals surface area contributed by atoms with E-state index in [1.807, 2.05) is 4.90 Å². The third-order valence-electron chi connectivity index (χ3n) is 3.57. The molecule has 98 valence electrons. The normalized spacial score (nSPS) is 23.9. The molecule has 3 nitrogen and oxygen atoms in total. The minimum absolute atomic E-state index is 0.0903. The Morgan fingerprint density at radius 3 is 2.89 bits per heavy atom. The van der Waals surface area contributed by atoms with E-state index in [2.05, 4.69) is 33.4 Å². The summed E-state index contributed by atoms with van der Waals surface area (Å²) in [7, 11) is 0. The number of hydrogen-bond donors (Lipinski definition) is 1. The van der Waals surface area contributed by atoms with Crippen LogP contribution in [0.1, 0.15) is 24.1 Å². The standard InChI is InChI=1S/C13H17BrN2OS/c14-12-4-3-10(18-12)5-7-16-8-6-11(13(16)17)15-9-1-2-9/h3-4,9,11,15H,1-2,5-8H2. The number of carbonyl (C=O) groups is 1. The SMILES string of the molecule is O=C1C(NC2CC2)CCN1CCc1ccc(Br)s1. The van der Waals surface area contributed by atoms with Crippen LogP contribution in [0.25, 0.3) is 0 Å². The zero-order chi connectivity index (χ0) is 12.5. The molecule has 2 aliphatic rings. The molecule has 18 heavy (non-hydrogen) atoms. The highest BCUT2D eigenvalue weighted by atomic mass is 79.9. The van der Waals surface area contributed by atoms with Gasteiger partial charge in [-0.15, -0.1) is 11.3 Å². The lowest BCUT2D eigenvalue weighted by atomic mass is 10.2. The van der Waals surface area contributed by atoms with Crippen molar-refractivity contribution in [3.05, 3.63) is 20.8 Å². The second kappa shape index (κ2) is 5.31. The van der Waals surface area contributed by atoms with E-state index < -0.39 is 0 Å². The van der Waals surface area contributed by atoms with Crippen molar-refractivity contribution >= 4 is 33.2 Å². The highest BCUT2D eigenvalue weighted by Crippen LogP contribution is 2.24. The molecule has 0 bridgehead atoms. The average Bonchev–Trinajstić information content (AvgIpc) is 2.98. The van der Waals surface area contributed by atoms with Gasteiger partial charge in [-0.25, -0.2) is 0 Å². The van der Waals surface area contributed by atoms with Gasteiger partial charge in [-0.2, -0.15) is 0 Å². The summed E-state index contributed by atoms with van der Waals surface area (Å²) >= 11 is 5.23. The van der Waals surface area contributed by atoms with Crippen LogP contribution >= 0.6 is 27.3 Å². The second-order valence-electron chi connectivity index (χ2n) is 5.06. The molecule has 1 atom stereocenters. The molecule has 0 aromatic carbocycles. The first-order valence-corrected chi connectivity index (χ1v) is 8.12. The molecule has 5 heteroatoms. The van der Waals surface area contributed by atoms with Crippen molar-refractivity contribution in [2.45, 2.75) is 37.8 Å². The fourth-order valence-electron chi connectivity index (χ4n) is 2.38. The molecule has 1 aromatic rings. The van der Waals surface area contributed by atoms with Crippen molar-refractivity contribution in [2.24, 2.45) is 0 Å². The Morgan fingerprint density at radius 1 is 1.39 bits per heavy atom. The first kappa shape index (κ1) is 12.6. The number of halogens is 1. The lowest BCUT2D eigenvalue weighted by molar-refractivity contribution is -0.129. The predicted molar refractivity (Wildman–Crippen MR) is 76.9 cm³/mol. The first-order valence-electron chi connectivity index (χ1n) is 6.51. The van der Waals surface area contributed by atoms with Crippen LogP contribution < -0.4 is 5.32 Å². The van der Waals surface area contributed by atoms with Crippen molar-refractivity contribution in [3.8, 4) is 0 Å². The molecule has 2 fully saturated rings. The highest BCUT2D eigenvalue weighted by molar-refractivity contribution is 9.11. The van der Waals surface area contributed by atoms with Gasteiger partial charge in [-0.1, -0.05) is 0 Å². The molecule has 1 unspecified atom stereocenters. The van der Waals surface area contributed by atoms with Gasteiger partial charge in [0.25, 0.3) is 0 Å². The Labute approximate surface area is 120 Å². The van der Waals surface area contributed by atoms with Gasteiger partial charge in [-0.3, -0.25) is 4.79 Å². The smallest absolute Gasteiger partial charge is 0.239 e. The first-order chi connectivity index (χ1) is 8.72. The van der Waals surface area contributed by atoms with Crippen molar-refractivity contribution in [1.82, 2.24) is 10.2 Å². The van der Waals surface area contributed by atoms with Gasteiger partial charge < -0.3 is 10.2 Å². The Morgan fingerprint density at radius 2 is 2.22 bits per heavy atom. The van der Waals surface area contributed by atoms with Crippen LogP contribution in [0.5, 0.6) is 0 Å². The van der Waals surface area contributed by atoms with Crippen molar-refractivity contribution < 1.29 is 4.79 Å². The number of thiophene rings is 1. The molecule has 1 saturated carbocycles. The van der Waals surface area contributed by atoms with E-state index in [-0.39, 0.29) is 6.04 Å². The lowest BCUT2D eigenvalue weighted by Gasteiger charge is -2.16. The van der Waals surface area contributed by atoms with Crippen molar-refractivity contribution in [3.63, 3.8) is 0 Å². The molecule has 1 N–H and O–H groups in total. The predicted octanol–water partition coefficient (Wildman–Crippen LogP) is 2.41. The molecule has 2 heterocycles. The van der Waals surface area contributed by atoms with E-state index in [1.165, 1.54) is 21.5 Å². The van der Waals surface area contributed by atoms with Crippen LogP contribution in [0.3, 0.4) is 0 Å². The number of hydrogen-bond acceptors (Lipinski definition) is 3. The summed E-state index contributed by atoms with van der Waals surface area (Å²) in [6.45, 7) is 1.77. The molecule has 3 rings (SSSR count). The topological polar surface area (TPSA) is 32.3 Å². The Balaban J connectivity index is 1.49. The average molecular weight is 329 g/mol. The van der Waals surface area contributed by atoms with Gasteiger partial charge >= 0.3 is 0 Å². The number of carbonyl (C=O) groups excluding carboxylic acids is 1. The summed E-state index contributed by atoms with van der Waals surface area (Å²) in [6.07, 6.45) is 4.43. The maximum Gasteiger partial charge on any atom is 0.239 e. The summed E-state index contributed by atoms with van der Waals surface area (Å²) < 4.78 is 1.17. The minimum Gasteiger partial charge on any atom is -0.341 e. The van der Waals surface area contributed by atoms with E-state index in [0.29, 0.717) is 11.9 Å². The maximum absolute atomic E-state index is 12.2. The van der Waals surface area contributed by atoms with Crippen molar-refractivity contribution in [2.75, 3.05) is 13.1 Å². The number of nitrogens with zero attached hydrogens (tertiary/aromatic N) is 1. The summed E-state index contributed by atoms with van der Waals surface area (Å²) in [5, 5.41) is 3.44. The summed E-state index contributed by atoms with van der Waals surface area (Å²) in [4.78, 5) is 15.5. The molecule has 1 aliphatic carbocycles. The van der Waals surface area contributed by atoms with Gasteiger partial charge in [0.2, 0.25) is 5.91 Å².